The molecule has 14 heavy (non-hydrogen) atoms. The van der Waals surface area contributed by atoms with Crippen molar-refractivity contribution in [3.63, 3.8) is 0 Å². The van der Waals surface area contributed by atoms with Crippen molar-refractivity contribution in [1.82, 2.24) is 0 Å². The van der Waals surface area contributed by atoms with E-state index >= 15 is 0 Å². The Hall–Kier alpha value is -0.420. The molecule has 80 valence electrons. The predicted molar refractivity (Wildman–Crippen MR) is 50.8 cm³/mol. The van der Waals surface area contributed by atoms with Crippen molar-refractivity contribution in [3.8, 4) is 0 Å². The van der Waals surface area contributed by atoms with Crippen LogP contribution in [0, 0.1) is 0 Å². The zero-order valence-electron chi connectivity index (χ0n) is 7.99. The van der Waals surface area contributed by atoms with Crippen molar-refractivity contribution >= 4 is 15.6 Å². The van der Waals surface area contributed by atoms with Gasteiger partial charge >= 0.3 is 0 Å². The molecule has 0 radical (unpaired) electrons. The second-order valence-corrected chi connectivity index (χ2v) is 6.45. The van der Waals surface area contributed by atoms with E-state index in [1.54, 1.807) is 0 Å². The third kappa shape index (κ3) is 1.98. The van der Waals surface area contributed by atoms with E-state index in [4.69, 9.17) is 4.74 Å². The highest BCUT2D eigenvalue weighted by Crippen LogP contribution is 2.34. The van der Waals surface area contributed by atoms with Crippen LogP contribution in [0.3, 0.4) is 0 Å². The van der Waals surface area contributed by atoms with Gasteiger partial charge in [-0.25, -0.2) is 8.42 Å². The number of Topliss-reactive ketones (excluding diaryl/α,β-unsaturated/α-hetero) is 1. The highest BCUT2D eigenvalue weighted by molar-refractivity contribution is 7.91. The van der Waals surface area contributed by atoms with Crippen molar-refractivity contribution in [2.24, 2.45) is 0 Å². The van der Waals surface area contributed by atoms with Crippen LogP contribution in [-0.2, 0) is 19.4 Å². The van der Waals surface area contributed by atoms with Crippen molar-refractivity contribution < 1.29 is 17.9 Å². The monoisotopic (exact) mass is 218 g/mol. The Bertz CT molecular complexity index is 330. The Balaban J connectivity index is 2.08. The van der Waals surface area contributed by atoms with E-state index in [0.717, 1.165) is 0 Å². The molecule has 0 aromatic heterocycles. The number of ketones is 1. The summed E-state index contributed by atoms with van der Waals surface area (Å²) in [5.41, 5.74) is -0.444. The Morgan fingerprint density at radius 3 is 2.43 bits per heavy atom. The van der Waals surface area contributed by atoms with Crippen LogP contribution >= 0.6 is 0 Å². The summed E-state index contributed by atoms with van der Waals surface area (Å²) in [5.74, 6) is 0.538. The number of carbonyl (C=O) groups excluding carboxylic acids is 1. The van der Waals surface area contributed by atoms with Crippen LogP contribution in [0.5, 0.6) is 0 Å². The van der Waals surface area contributed by atoms with Gasteiger partial charge in [0.05, 0.1) is 23.7 Å². The highest BCUT2D eigenvalue weighted by Gasteiger charge is 2.41. The number of carbonyl (C=O) groups is 1. The summed E-state index contributed by atoms with van der Waals surface area (Å²) in [4.78, 5) is 11.3. The van der Waals surface area contributed by atoms with Gasteiger partial charge in [0.25, 0.3) is 0 Å². The van der Waals surface area contributed by atoms with Gasteiger partial charge in [0, 0.05) is 12.8 Å². The molecule has 2 aliphatic heterocycles. The maximum atomic E-state index is 11.3. The van der Waals surface area contributed by atoms with E-state index in [-0.39, 0.29) is 17.3 Å². The minimum absolute atomic E-state index is 0.167. The molecule has 0 aromatic rings. The smallest absolute Gasteiger partial charge is 0.150 e. The second kappa shape index (κ2) is 3.31. The fourth-order valence-corrected chi connectivity index (χ4v) is 3.68. The van der Waals surface area contributed by atoms with Crippen LogP contribution in [0.15, 0.2) is 0 Å². The maximum absolute atomic E-state index is 11.3. The summed E-state index contributed by atoms with van der Waals surface area (Å²) in [5, 5.41) is 0. The normalized spacial score (nSPS) is 30.4. The fourth-order valence-electron chi connectivity index (χ4n) is 2.11. The van der Waals surface area contributed by atoms with E-state index in [2.05, 4.69) is 0 Å². The molecular formula is C9H14O4S. The van der Waals surface area contributed by atoms with Crippen LogP contribution in [0.1, 0.15) is 25.7 Å². The molecule has 2 rings (SSSR count). The van der Waals surface area contributed by atoms with E-state index in [1.165, 1.54) is 0 Å². The zero-order chi connectivity index (χ0) is 10.2. The molecule has 2 saturated heterocycles. The lowest BCUT2D eigenvalue weighted by atomic mass is 9.87. The average molecular weight is 218 g/mol. The maximum Gasteiger partial charge on any atom is 0.150 e. The molecule has 0 atom stereocenters. The van der Waals surface area contributed by atoms with Crippen LogP contribution in [0.4, 0.5) is 0 Å². The molecule has 0 aliphatic carbocycles. The lowest BCUT2D eigenvalue weighted by molar-refractivity contribution is -0.141. The van der Waals surface area contributed by atoms with Gasteiger partial charge in [-0.3, -0.25) is 4.79 Å². The Morgan fingerprint density at radius 1 is 1.21 bits per heavy atom. The zero-order valence-corrected chi connectivity index (χ0v) is 8.81. The summed E-state index contributed by atoms with van der Waals surface area (Å²) in [6, 6.07) is 0. The van der Waals surface area contributed by atoms with Gasteiger partial charge in [0.15, 0.2) is 9.84 Å². The third-order valence-electron chi connectivity index (χ3n) is 3.05. The first-order chi connectivity index (χ1) is 6.52. The average Bonchev–Trinajstić information content (AvgIpc) is 2.12. The molecule has 2 aliphatic rings. The van der Waals surface area contributed by atoms with Gasteiger partial charge in [-0.05, 0) is 12.8 Å². The van der Waals surface area contributed by atoms with Gasteiger partial charge in [-0.1, -0.05) is 0 Å². The van der Waals surface area contributed by atoms with E-state index in [0.29, 0.717) is 32.3 Å². The molecule has 5 heteroatoms. The molecule has 2 heterocycles. The predicted octanol–water partition coefficient (Wildman–Crippen LogP) is 0.313. The first-order valence-electron chi connectivity index (χ1n) is 4.88. The van der Waals surface area contributed by atoms with Gasteiger partial charge < -0.3 is 4.74 Å². The molecule has 0 unspecified atom stereocenters. The van der Waals surface area contributed by atoms with Crippen LogP contribution in [0.25, 0.3) is 0 Å². The van der Waals surface area contributed by atoms with Crippen LogP contribution < -0.4 is 0 Å². The Kier molecular flexibility index (Phi) is 2.39. The topological polar surface area (TPSA) is 60.4 Å². The minimum Gasteiger partial charge on any atom is -0.374 e. The lowest BCUT2D eigenvalue weighted by Crippen LogP contribution is -2.46. The lowest BCUT2D eigenvalue weighted by Gasteiger charge is -2.39. The van der Waals surface area contributed by atoms with Gasteiger partial charge in [-0.2, -0.15) is 0 Å². The molecule has 0 saturated carbocycles. The summed E-state index contributed by atoms with van der Waals surface area (Å²) >= 11 is 0. The fraction of sp³-hybridized carbons (Fsp3) is 0.889. The quantitative estimate of drug-likeness (QED) is 0.587. The Labute approximate surface area is 83.5 Å². The minimum atomic E-state index is -2.87. The highest BCUT2D eigenvalue weighted by atomic mass is 32.2. The molecule has 4 nitrogen and oxygen atoms in total. The molecule has 1 spiro atoms. The van der Waals surface area contributed by atoms with Gasteiger partial charge in [0.1, 0.15) is 5.78 Å². The van der Waals surface area contributed by atoms with Crippen LogP contribution in [-0.4, -0.2) is 37.9 Å². The number of hydrogen-bond donors (Lipinski definition) is 0. The number of rotatable bonds is 0. The summed E-state index contributed by atoms with van der Waals surface area (Å²) < 4.78 is 28.0. The first-order valence-corrected chi connectivity index (χ1v) is 6.70. The van der Waals surface area contributed by atoms with Crippen molar-refractivity contribution in [2.75, 3.05) is 18.1 Å². The number of sulfone groups is 1. The van der Waals surface area contributed by atoms with Gasteiger partial charge in [-0.15, -0.1) is 0 Å². The molecule has 0 aromatic carbocycles. The SMILES string of the molecule is O=C1CCOC2(CCS(=O)(=O)CC2)C1. The number of hydrogen-bond acceptors (Lipinski definition) is 4. The van der Waals surface area contributed by atoms with Gasteiger partial charge in [0.2, 0.25) is 0 Å². The largest absolute Gasteiger partial charge is 0.374 e. The van der Waals surface area contributed by atoms with E-state index in [1.807, 2.05) is 0 Å². The van der Waals surface area contributed by atoms with E-state index < -0.39 is 15.4 Å². The molecule has 0 bridgehead atoms. The Morgan fingerprint density at radius 2 is 1.86 bits per heavy atom. The molecule has 2 fully saturated rings. The second-order valence-electron chi connectivity index (χ2n) is 4.15. The standard InChI is InChI=1S/C9H14O4S/c10-8-1-4-13-9(7-8)2-5-14(11,12)6-3-9/h1-7H2. The van der Waals surface area contributed by atoms with Crippen molar-refractivity contribution in [1.29, 1.82) is 0 Å². The number of ether oxygens (including phenoxy) is 1. The first kappa shape index (κ1) is 10.1. The van der Waals surface area contributed by atoms with E-state index in [9.17, 15) is 13.2 Å². The third-order valence-corrected chi connectivity index (χ3v) is 4.70. The summed E-state index contributed by atoms with van der Waals surface area (Å²) in [6.45, 7) is 0.457. The summed E-state index contributed by atoms with van der Waals surface area (Å²) in [7, 11) is -2.87. The molecular weight excluding hydrogens is 204 g/mol. The molecule has 0 N–H and O–H groups in total. The van der Waals surface area contributed by atoms with Crippen LogP contribution in [0.2, 0.25) is 0 Å². The summed E-state index contributed by atoms with van der Waals surface area (Å²) in [6.07, 6.45) is 1.86. The van der Waals surface area contributed by atoms with Crippen molar-refractivity contribution in [2.45, 2.75) is 31.3 Å². The van der Waals surface area contributed by atoms with Crippen molar-refractivity contribution in [3.05, 3.63) is 0 Å². The molecule has 0 amide bonds.